The molecule has 0 radical (unpaired) electrons. The van der Waals surface area contributed by atoms with Gasteiger partial charge >= 0.3 is 0 Å². The third kappa shape index (κ3) is 3.60. The molecule has 1 aliphatic rings. The molecule has 0 bridgehead atoms. The van der Waals surface area contributed by atoms with E-state index in [1.54, 1.807) is 23.7 Å². The molecule has 1 amide bonds. The number of carbonyl (C=O) groups is 1. The third-order valence-corrected chi connectivity index (χ3v) is 5.95. The van der Waals surface area contributed by atoms with Crippen molar-refractivity contribution in [3.63, 3.8) is 0 Å². The molecule has 0 spiro atoms. The maximum Gasteiger partial charge on any atom is 0.253 e. The summed E-state index contributed by atoms with van der Waals surface area (Å²) in [4.78, 5) is 17.6. The molecular formula is C15H17N3O3S2. The zero-order chi connectivity index (χ0) is 16.4. The van der Waals surface area contributed by atoms with Gasteiger partial charge in [-0.3, -0.25) is 9.78 Å². The van der Waals surface area contributed by atoms with Gasteiger partial charge in [0.1, 0.15) is 0 Å². The Bertz CT molecular complexity index is 816. The number of hydrogen-bond acceptors (Lipinski definition) is 5. The van der Waals surface area contributed by atoms with Gasteiger partial charge in [0.2, 0.25) is 10.0 Å². The second-order valence-electron chi connectivity index (χ2n) is 5.43. The van der Waals surface area contributed by atoms with Crippen molar-refractivity contribution in [1.29, 1.82) is 0 Å². The van der Waals surface area contributed by atoms with E-state index in [0.717, 1.165) is 16.0 Å². The van der Waals surface area contributed by atoms with Crippen molar-refractivity contribution in [1.82, 2.24) is 14.6 Å². The van der Waals surface area contributed by atoms with Crippen LogP contribution in [0.15, 0.2) is 29.9 Å². The molecule has 2 aromatic rings. The van der Waals surface area contributed by atoms with Gasteiger partial charge in [-0.25, -0.2) is 8.42 Å². The maximum absolute atomic E-state index is 12.4. The Morgan fingerprint density at radius 3 is 2.96 bits per heavy atom. The number of fused-ring (bicyclic) bond motifs is 1. The second-order valence-corrected chi connectivity index (χ2v) is 8.45. The number of hydrogen-bond donors (Lipinski definition) is 1. The van der Waals surface area contributed by atoms with Crippen LogP contribution in [0, 0.1) is 0 Å². The summed E-state index contributed by atoms with van der Waals surface area (Å²) in [6, 6.07) is 3.91. The molecule has 6 nitrogen and oxygen atoms in total. The van der Waals surface area contributed by atoms with E-state index in [4.69, 9.17) is 0 Å². The van der Waals surface area contributed by atoms with Gasteiger partial charge in [0.25, 0.3) is 5.91 Å². The van der Waals surface area contributed by atoms with Crippen LogP contribution in [-0.4, -0.2) is 36.4 Å². The molecule has 0 fully saturated rings. The van der Waals surface area contributed by atoms with Crippen LogP contribution in [0.1, 0.15) is 26.4 Å². The average molecular weight is 351 g/mol. The minimum absolute atomic E-state index is 0.171. The molecule has 2 aromatic heterocycles. The molecule has 3 heterocycles. The molecule has 0 atom stereocenters. The fourth-order valence-electron chi connectivity index (χ4n) is 2.62. The smallest absolute Gasteiger partial charge is 0.253 e. The van der Waals surface area contributed by atoms with Gasteiger partial charge in [0, 0.05) is 30.4 Å². The zero-order valence-corrected chi connectivity index (χ0v) is 14.3. The molecule has 0 aliphatic carbocycles. The van der Waals surface area contributed by atoms with E-state index in [-0.39, 0.29) is 12.5 Å². The maximum atomic E-state index is 12.4. The lowest BCUT2D eigenvalue weighted by molar-refractivity contribution is 0.0949. The molecule has 1 N–H and O–H groups in total. The Labute approximate surface area is 139 Å². The molecule has 3 rings (SSSR count). The molecule has 0 aromatic carbocycles. The lowest BCUT2D eigenvalue weighted by atomic mass is 9.98. The highest BCUT2D eigenvalue weighted by Crippen LogP contribution is 2.23. The minimum atomic E-state index is -3.24. The number of rotatable bonds is 4. The fourth-order valence-corrected chi connectivity index (χ4v) is 4.06. The topological polar surface area (TPSA) is 79.4 Å². The highest BCUT2D eigenvalue weighted by Gasteiger charge is 2.26. The van der Waals surface area contributed by atoms with Crippen LogP contribution in [0.2, 0.25) is 0 Å². The lowest BCUT2D eigenvalue weighted by Gasteiger charge is -2.27. The third-order valence-electron chi connectivity index (χ3n) is 3.82. The highest BCUT2D eigenvalue weighted by atomic mass is 32.2. The van der Waals surface area contributed by atoms with Gasteiger partial charge in [-0.15, -0.1) is 11.3 Å². The lowest BCUT2D eigenvalue weighted by Crippen LogP contribution is -2.36. The van der Waals surface area contributed by atoms with Gasteiger partial charge in [0.15, 0.2) is 0 Å². The molecule has 0 saturated heterocycles. The molecule has 0 unspecified atom stereocenters. The van der Waals surface area contributed by atoms with Crippen molar-refractivity contribution in [2.75, 3.05) is 12.8 Å². The quantitative estimate of drug-likeness (QED) is 0.903. The SMILES string of the molecule is CS(=O)(=O)N1CCc2c(cncc2C(=O)NCc2cccs2)C1. The monoisotopic (exact) mass is 351 g/mol. The first-order valence-corrected chi connectivity index (χ1v) is 9.89. The van der Waals surface area contributed by atoms with Crippen molar-refractivity contribution in [2.24, 2.45) is 0 Å². The van der Waals surface area contributed by atoms with Gasteiger partial charge in [-0.05, 0) is 29.0 Å². The van der Waals surface area contributed by atoms with E-state index < -0.39 is 10.0 Å². The van der Waals surface area contributed by atoms with Gasteiger partial charge in [-0.2, -0.15) is 4.31 Å². The molecule has 8 heteroatoms. The molecule has 122 valence electrons. The van der Waals surface area contributed by atoms with Gasteiger partial charge < -0.3 is 5.32 Å². The summed E-state index contributed by atoms with van der Waals surface area (Å²) in [5.74, 6) is -0.171. The van der Waals surface area contributed by atoms with Crippen LogP contribution in [0.4, 0.5) is 0 Å². The van der Waals surface area contributed by atoms with Crippen molar-refractivity contribution in [3.8, 4) is 0 Å². The van der Waals surface area contributed by atoms with Gasteiger partial charge in [-0.1, -0.05) is 6.07 Å². The predicted octanol–water partition coefficient (Wildman–Crippen LogP) is 1.39. The number of amides is 1. The first-order chi connectivity index (χ1) is 10.9. The summed E-state index contributed by atoms with van der Waals surface area (Å²) in [6.07, 6.45) is 4.91. The van der Waals surface area contributed by atoms with Crippen LogP contribution < -0.4 is 5.32 Å². The van der Waals surface area contributed by atoms with E-state index in [1.807, 2.05) is 17.5 Å². The molecular weight excluding hydrogens is 334 g/mol. The number of nitrogens with one attached hydrogen (secondary N) is 1. The Balaban J connectivity index is 1.78. The van der Waals surface area contributed by atoms with Crippen LogP contribution in [0.3, 0.4) is 0 Å². The summed E-state index contributed by atoms with van der Waals surface area (Å²) >= 11 is 1.59. The zero-order valence-electron chi connectivity index (χ0n) is 12.7. The van der Waals surface area contributed by atoms with Crippen LogP contribution in [-0.2, 0) is 29.5 Å². The van der Waals surface area contributed by atoms with Crippen LogP contribution in [0.25, 0.3) is 0 Å². The summed E-state index contributed by atoms with van der Waals surface area (Å²) in [5.41, 5.74) is 2.22. The Morgan fingerprint density at radius 1 is 1.43 bits per heavy atom. The van der Waals surface area contributed by atoms with Crippen molar-refractivity contribution in [2.45, 2.75) is 19.5 Å². The first-order valence-electron chi connectivity index (χ1n) is 7.16. The van der Waals surface area contributed by atoms with Crippen molar-refractivity contribution in [3.05, 3.63) is 51.5 Å². The summed E-state index contributed by atoms with van der Waals surface area (Å²) in [5, 5.41) is 4.86. The average Bonchev–Trinajstić information content (AvgIpc) is 3.04. The molecule has 0 saturated carbocycles. The van der Waals surface area contributed by atoms with E-state index in [1.165, 1.54) is 10.6 Å². The first kappa shape index (κ1) is 16.1. The Kier molecular flexibility index (Phi) is 4.47. The van der Waals surface area contributed by atoms with Gasteiger partial charge in [0.05, 0.1) is 18.4 Å². The van der Waals surface area contributed by atoms with Crippen molar-refractivity contribution >= 4 is 27.3 Å². The Morgan fingerprint density at radius 2 is 2.26 bits per heavy atom. The minimum Gasteiger partial charge on any atom is -0.347 e. The number of pyridine rings is 1. The van der Waals surface area contributed by atoms with Crippen LogP contribution >= 0.6 is 11.3 Å². The fraction of sp³-hybridized carbons (Fsp3) is 0.333. The number of aromatic nitrogens is 1. The van der Waals surface area contributed by atoms with E-state index in [0.29, 0.717) is 25.1 Å². The summed E-state index contributed by atoms with van der Waals surface area (Å²) < 4.78 is 24.8. The normalized spacial score (nSPS) is 15.2. The number of sulfonamides is 1. The largest absolute Gasteiger partial charge is 0.347 e. The number of nitrogens with zero attached hydrogens (tertiary/aromatic N) is 2. The molecule has 23 heavy (non-hydrogen) atoms. The van der Waals surface area contributed by atoms with Crippen LogP contribution in [0.5, 0.6) is 0 Å². The Hall–Kier alpha value is -1.77. The predicted molar refractivity (Wildman–Crippen MR) is 88.7 cm³/mol. The summed E-state index contributed by atoms with van der Waals surface area (Å²) in [7, 11) is -3.24. The van der Waals surface area contributed by atoms with Crippen molar-refractivity contribution < 1.29 is 13.2 Å². The standard InChI is InChI=1S/C15H17N3O3S2/c1-23(20,21)18-5-4-13-11(10-18)7-16-9-14(13)15(19)17-8-12-3-2-6-22-12/h2-3,6-7,9H,4-5,8,10H2,1H3,(H,17,19). The molecule has 1 aliphatic heterocycles. The second kappa shape index (κ2) is 6.38. The van der Waals surface area contributed by atoms with E-state index in [9.17, 15) is 13.2 Å². The van der Waals surface area contributed by atoms with E-state index >= 15 is 0 Å². The van der Waals surface area contributed by atoms with E-state index in [2.05, 4.69) is 10.3 Å². The summed E-state index contributed by atoms with van der Waals surface area (Å²) in [6.45, 7) is 1.14. The number of carbonyl (C=O) groups excluding carboxylic acids is 1. The number of thiophene rings is 1. The highest BCUT2D eigenvalue weighted by molar-refractivity contribution is 7.88.